The fraction of sp³-hybridized carbons (Fsp3) is 0.833. The maximum atomic E-state index is 14.3. The number of Topliss-reactive ketones (excluding diaryl/α,β-unsaturated/α-hetero) is 1. The van der Waals surface area contributed by atoms with E-state index in [2.05, 4.69) is 32.9 Å². The van der Waals surface area contributed by atoms with Crippen LogP contribution in [0.5, 0.6) is 0 Å². The number of methoxy groups -OCH3 is 3. The summed E-state index contributed by atoms with van der Waals surface area (Å²) in [5.41, 5.74) is 1.94. The van der Waals surface area contributed by atoms with Gasteiger partial charge in [-0.1, -0.05) is 45.4 Å². The molecule has 0 radical (unpaired) electrons. The van der Waals surface area contributed by atoms with Gasteiger partial charge >= 0.3 is 5.97 Å². The molecule has 12 heteroatoms. The van der Waals surface area contributed by atoms with Gasteiger partial charge in [0, 0.05) is 39.7 Å². The molecule has 14 atom stereocenters. The third-order valence-electron chi connectivity index (χ3n) is 12.7. The molecule has 4 rings (SSSR count). The summed E-state index contributed by atoms with van der Waals surface area (Å²) in [7, 11) is 4.72. The van der Waals surface area contributed by atoms with Crippen LogP contribution in [0.4, 0.5) is 0 Å². The lowest BCUT2D eigenvalue weighted by atomic mass is 9.81. The van der Waals surface area contributed by atoms with E-state index < -0.39 is 77.9 Å². The quantitative estimate of drug-likeness (QED) is 0.192. The molecule has 0 aromatic rings. The Morgan fingerprint density at radius 3 is 2.24 bits per heavy atom. The Morgan fingerprint density at radius 2 is 1.59 bits per heavy atom. The van der Waals surface area contributed by atoms with Crippen LogP contribution in [0.3, 0.4) is 0 Å². The molecule has 2 saturated heterocycles. The van der Waals surface area contributed by atoms with E-state index in [0.29, 0.717) is 38.5 Å². The number of ether oxygens (including phenoxy) is 5. The second kappa shape index (κ2) is 19.8. The van der Waals surface area contributed by atoms with Crippen LogP contribution in [0.1, 0.15) is 112 Å². The van der Waals surface area contributed by atoms with Gasteiger partial charge in [-0.15, -0.1) is 0 Å². The Morgan fingerprint density at radius 1 is 0.926 bits per heavy atom. The number of allylic oxidation sites excluding steroid dienone is 3. The molecule has 2 bridgehead atoms. The van der Waals surface area contributed by atoms with Crippen LogP contribution in [-0.4, -0.2) is 120 Å². The summed E-state index contributed by atoms with van der Waals surface area (Å²) in [5.74, 6) is -6.23. The molecule has 54 heavy (non-hydrogen) atoms. The summed E-state index contributed by atoms with van der Waals surface area (Å²) in [6.45, 7) is 11.9. The molecule has 3 N–H and O–H groups in total. The lowest BCUT2D eigenvalue weighted by Gasteiger charge is -2.47. The Kier molecular flexibility index (Phi) is 16.3. The van der Waals surface area contributed by atoms with Gasteiger partial charge in [-0.2, -0.15) is 0 Å². The molecule has 0 spiro atoms. The number of aliphatic hydroxyl groups excluding tert-OH is 2. The van der Waals surface area contributed by atoms with Gasteiger partial charge in [0.25, 0.3) is 11.7 Å². The number of hydrogen-bond donors (Lipinski definition) is 3. The van der Waals surface area contributed by atoms with Gasteiger partial charge < -0.3 is 43.9 Å². The average Bonchev–Trinajstić information content (AvgIpc) is 3.15. The Hall–Kier alpha value is -2.19. The second-order valence-electron chi connectivity index (χ2n) is 16.9. The fourth-order valence-electron chi connectivity index (χ4n) is 9.35. The second-order valence-corrected chi connectivity index (χ2v) is 16.9. The van der Waals surface area contributed by atoms with Gasteiger partial charge in [0.1, 0.15) is 18.2 Å². The predicted octanol–water partition coefficient (Wildman–Crippen LogP) is 4.90. The number of carbonyl (C=O) groups excluding carboxylic acids is 3. The van der Waals surface area contributed by atoms with Crippen molar-refractivity contribution < 1.29 is 53.4 Å². The standard InChI is InChI=1S/C42H69NO11/c1-10-29-18-24(2)17-25(3)19-35(51-8)38-36(52-9)21-27(5)42(49,54-38)39(46)40(47)43-16-12-11-13-31(43)41(48)53-37(28(6)33(45)22-29)26(4)20-30-14-15-32(44)34(23-30)50-7/h18,20,25,27-38,44-45,49H,10-17,19,21-23H2,1-9H3/b24-18+,26-20+/t25-,27+,28+,29+,30-,31-,32+,33?,34+,35-,36-,37+,38+,42+/m0/s1. The van der Waals surface area contributed by atoms with Crippen molar-refractivity contribution in [1.29, 1.82) is 0 Å². The molecular formula is C42H69NO11. The van der Waals surface area contributed by atoms with Crippen LogP contribution in [0, 0.1) is 29.6 Å². The largest absolute Gasteiger partial charge is 0.456 e. The van der Waals surface area contributed by atoms with Crippen molar-refractivity contribution in [2.75, 3.05) is 27.9 Å². The Labute approximate surface area is 322 Å². The number of amides is 1. The van der Waals surface area contributed by atoms with Crippen molar-refractivity contribution >= 4 is 17.7 Å². The third-order valence-corrected chi connectivity index (χ3v) is 12.7. The van der Waals surface area contributed by atoms with Crippen molar-refractivity contribution in [3.63, 3.8) is 0 Å². The van der Waals surface area contributed by atoms with E-state index in [1.54, 1.807) is 28.3 Å². The van der Waals surface area contributed by atoms with Gasteiger partial charge in [0.05, 0.1) is 30.5 Å². The van der Waals surface area contributed by atoms with E-state index in [9.17, 15) is 29.7 Å². The van der Waals surface area contributed by atoms with Crippen molar-refractivity contribution in [2.45, 2.75) is 167 Å². The summed E-state index contributed by atoms with van der Waals surface area (Å²) in [6.07, 6.45) is 6.24. The molecule has 0 aromatic carbocycles. The lowest BCUT2D eigenvalue weighted by molar-refractivity contribution is -0.302. The SMILES string of the molecule is CC[C@@H]1/C=C(\C)C[C@H](C)C[C@H](OC)[C@H]2O[C@@](O)(C(=O)C(=O)N3CCCC[C@H]3C(=O)O[C@H](/C(C)=C/[C@@H]3CC[C@@H](O)[C@H](OC)C3)[C@H](C)C(O)C1)[C@H](C)C[C@@H]2OC. The molecule has 3 aliphatic heterocycles. The predicted molar refractivity (Wildman–Crippen MR) is 203 cm³/mol. The van der Waals surface area contributed by atoms with Gasteiger partial charge in [0.15, 0.2) is 0 Å². The normalized spacial score (nSPS) is 42.4. The van der Waals surface area contributed by atoms with E-state index in [4.69, 9.17) is 23.7 Å². The number of piperidine rings is 1. The Balaban J connectivity index is 1.75. The molecule has 3 heterocycles. The zero-order chi connectivity index (χ0) is 39.9. The first-order valence-corrected chi connectivity index (χ1v) is 20.3. The van der Waals surface area contributed by atoms with Crippen LogP contribution in [-0.2, 0) is 38.1 Å². The van der Waals surface area contributed by atoms with Crippen molar-refractivity contribution in [2.24, 2.45) is 29.6 Å². The minimum Gasteiger partial charge on any atom is -0.456 e. The van der Waals surface area contributed by atoms with Gasteiger partial charge in [-0.05, 0) is 108 Å². The number of hydrogen-bond acceptors (Lipinski definition) is 11. The van der Waals surface area contributed by atoms with Crippen molar-refractivity contribution in [1.82, 2.24) is 4.90 Å². The number of ketones is 1. The zero-order valence-electron chi connectivity index (χ0n) is 34.2. The summed E-state index contributed by atoms with van der Waals surface area (Å²) < 4.78 is 29.9. The van der Waals surface area contributed by atoms with E-state index in [-0.39, 0.29) is 43.2 Å². The minimum absolute atomic E-state index is 0.0706. The number of cyclic esters (lactones) is 1. The van der Waals surface area contributed by atoms with E-state index in [1.807, 2.05) is 13.8 Å². The van der Waals surface area contributed by atoms with Crippen LogP contribution in [0.15, 0.2) is 23.3 Å². The van der Waals surface area contributed by atoms with Gasteiger partial charge in [-0.25, -0.2) is 4.79 Å². The van der Waals surface area contributed by atoms with Crippen LogP contribution >= 0.6 is 0 Å². The highest BCUT2D eigenvalue weighted by atomic mass is 16.7. The molecule has 1 saturated carbocycles. The number of nitrogens with zero attached hydrogens (tertiary/aromatic N) is 1. The molecule has 4 aliphatic rings. The zero-order valence-corrected chi connectivity index (χ0v) is 34.2. The topological polar surface area (TPSA) is 161 Å². The van der Waals surface area contributed by atoms with Crippen LogP contribution in [0.2, 0.25) is 0 Å². The molecular weight excluding hydrogens is 694 g/mol. The molecule has 1 amide bonds. The number of aliphatic hydroxyl groups is 3. The maximum absolute atomic E-state index is 14.3. The smallest absolute Gasteiger partial charge is 0.329 e. The monoisotopic (exact) mass is 763 g/mol. The van der Waals surface area contributed by atoms with Crippen LogP contribution in [0.25, 0.3) is 0 Å². The summed E-state index contributed by atoms with van der Waals surface area (Å²) >= 11 is 0. The first-order valence-electron chi connectivity index (χ1n) is 20.3. The lowest BCUT2D eigenvalue weighted by Crippen LogP contribution is -2.64. The minimum atomic E-state index is -2.46. The average molecular weight is 764 g/mol. The highest BCUT2D eigenvalue weighted by molar-refractivity contribution is 6.39. The van der Waals surface area contributed by atoms with E-state index in [0.717, 1.165) is 24.8 Å². The highest BCUT2D eigenvalue weighted by Gasteiger charge is 2.56. The molecule has 1 unspecified atom stereocenters. The van der Waals surface area contributed by atoms with E-state index >= 15 is 0 Å². The van der Waals surface area contributed by atoms with Gasteiger partial charge in [0.2, 0.25) is 5.79 Å². The fourth-order valence-corrected chi connectivity index (χ4v) is 9.35. The first kappa shape index (κ1) is 44.5. The van der Waals surface area contributed by atoms with Crippen LogP contribution < -0.4 is 0 Å². The number of esters is 1. The Bertz CT molecular complexity index is 1330. The number of fused-ring (bicyclic) bond motifs is 3. The maximum Gasteiger partial charge on any atom is 0.329 e. The molecule has 0 aromatic heterocycles. The van der Waals surface area contributed by atoms with E-state index in [1.165, 1.54) is 10.5 Å². The molecule has 1 aliphatic carbocycles. The van der Waals surface area contributed by atoms with Crippen molar-refractivity contribution in [3.05, 3.63) is 23.3 Å². The summed E-state index contributed by atoms with van der Waals surface area (Å²) in [4.78, 5) is 43.8. The number of rotatable bonds is 6. The first-order chi connectivity index (χ1) is 25.6. The van der Waals surface area contributed by atoms with Crippen molar-refractivity contribution in [3.8, 4) is 0 Å². The summed E-state index contributed by atoms with van der Waals surface area (Å²) in [6, 6.07) is -1.06. The third kappa shape index (κ3) is 10.4. The number of carbonyl (C=O) groups is 3. The summed E-state index contributed by atoms with van der Waals surface area (Å²) in [5, 5.41) is 34.2. The molecule has 308 valence electrons. The highest BCUT2D eigenvalue weighted by Crippen LogP contribution is 2.39. The van der Waals surface area contributed by atoms with Gasteiger partial charge in [-0.3, -0.25) is 9.59 Å². The molecule has 12 nitrogen and oxygen atoms in total. The molecule has 3 fully saturated rings.